The SMILES string of the molecule is CCSC1CCC(NC(=O)Nc2ccc(N)cc2)C1. The molecule has 2 rings (SSSR count). The lowest BCUT2D eigenvalue weighted by Gasteiger charge is -2.14. The molecule has 4 N–H and O–H groups in total. The van der Waals surface area contributed by atoms with Crippen LogP contribution in [0.2, 0.25) is 0 Å². The molecular weight excluding hydrogens is 258 g/mol. The van der Waals surface area contributed by atoms with Gasteiger partial charge in [-0.3, -0.25) is 0 Å². The number of amides is 2. The molecule has 1 aliphatic carbocycles. The zero-order valence-corrected chi connectivity index (χ0v) is 12.0. The highest BCUT2D eigenvalue weighted by atomic mass is 32.2. The highest BCUT2D eigenvalue weighted by Gasteiger charge is 2.25. The zero-order chi connectivity index (χ0) is 13.7. The number of thioether (sulfide) groups is 1. The molecule has 5 heteroatoms. The van der Waals surface area contributed by atoms with Gasteiger partial charge in [-0.1, -0.05) is 6.92 Å². The topological polar surface area (TPSA) is 67.2 Å². The fourth-order valence-corrected chi connectivity index (χ4v) is 3.52. The zero-order valence-electron chi connectivity index (χ0n) is 11.2. The molecule has 1 aromatic carbocycles. The van der Waals surface area contributed by atoms with Crippen LogP contribution < -0.4 is 16.4 Å². The summed E-state index contributed by atoms with van der Waals surface area (Å²) in [6, 6.07) is 7.34. The molecule has 2 amide bonds. The molecule has 4 nitrogen and oxygen atoms in total. The van der Waals surface area contributed by atoms with Crippen molar-refractivity contribution in [1.29, 1.82) is 0 Å². The molecule has 19 heavy (non-hydrogen) atoms. The maximum absolute atomic E-state index is 11.9. The Bertz CT molecular complexity index is 421. The molecule has 104 valence electrons. The van der Waals surface area contributed by atoms with Crippen LogP contribution in [-0.4, -0.2) is 23.1 Å². The third-order valence-corrected chi connectivity index (χ3v) is 4.52. The van der Waals surface area contributed by atoms with Gasteiger partial charge in [-0.05, 0) is 49.3 Å². The highest BCUT2D eigenvalue weighted by molar-refractivity contribution is 7.99. The Labute approximate surface area is 118 Å². The van der Waals surface area contributed by atoms with E-state index in [1.165, 1.54) is 6.42 Å². The van der Waals surface area contributed by atoms with Crippen LogP contribution in [0.1, 0.15) is 26.2 Å². The second-order valence-electron chi connectivity index (χ2n) is 4.81. The summed E-state index contributed by atoms with van der Waals surface area (Å²) < 4.78 is 0. The minimum atomic E-state index is -0.128. The number of nitrogens with two attached hydrogens (primary N) is 1. The molecule has 2 atom stereocenters. The number of benzene rings is 1. The van der Waals surface area contributed by atoms with Gasteiger partial charge in [-0.2, -0.15) is 11.8 Å². The van der Waals surface area contributed by atoms with Gasteiger partial charge >= 0.3 is 6.03 Å². The first-order valence-corrected chi connectivity index (χ1v) is 7.77. The summed E-state index contributed by atoms with van der Waals surface area (Å²) in [5.74, 6) is 1.15. The van der Waals surface area contributed by atoms with E-state index in [2.05, 4.69) is 17.6 Å². The van der Waals surface area contributed by atoms with E-state index in [9.17, 15) is 4.79 Å². The number of nitrogens with one attached hydrogen (secondary N) is 2. The molecule has 0 bridgehead atoms. The second kappa shape index (κ2) is 6.70. The molecule has 2 unspecified atom stereocenters. The van der Waals surface area contributed by atoms with Crippen molar-refractivity contribution in [2.75, 3.05) is 16.8 Å². The average molecular weight is 279 g/mol. The molecule has 1 aliphatic rings. The molecule has 0 saturated heterocycles. The fraction of sp³-hybridized carbons (Fsp3) is 0.500. The fourth-order valence-electron chi connectivity index (χ4n) is 2.38. The normalized spacial score (nSPS) is 22.2. The van der Waals surface area contributed by atoms with Gasteiger partial charge in [0.15, 0.2) is 0 Å². The summed E-state index contributed by atoms with van der Waals surface area (Å²) in [4.78, 5) is 11.9. The lowest BCUT2D eigenvalue weighted by Crippen LogP contribution is -2.36. The summed E-state index contributed by atoms with van der Waals surface area (Å²) >= 11 is 1.99. The van der Waals surface area contributed by atoms with Crippen LogP contribution in [0.25, 0.3) is 0 Å². The number of hydrogen-bond acceptors (Lipinski definition) is 3. The van der Waals surface area contributed by atoms with Crippen molar-refractivity contribution in [3.63, 3.8) is 0 Å². The summed E-state index contributed by atoms with van der Waals surface area (Å²) in [7, 11) is 0. The molecule has 0 aliphatic heterocycles. The van der Waals surface area contributed by atoms with Crippen molar-refractivity contribution in [3.8, 4) is 0 Å². The summed E-state index contributed by atoms with van der Waals surface area (Å²) in [6.45, 7) is 2.18. The van der Waals surface area contributed by atoms with Gasteiger partial charge in [0.2, 0.25) is 0 Å². The van der Waals surface area contributed by atoms with E-state index in [4.69, 9.17) is 5.73 Å². The van der Waals surface area contributed by atoms with Crippen molar-refractivity contribution >= 4 is 29.2 Å². The van der Waals surface area contributed by atoms with Crippen LogP contribution in [0.3, 0.4) is 0 Å². The van der Waals surface area contributed by atoms with E-state index in [-0.39, 0.29) is 6.03 Å². The molecule has 0 heterocycles. The third-order valence-electron chi connectivity index (χ3n) is 3.29. The van der Waals surface area contributed by atoms with Crippen LogP contribution in [0.4, 0.5) is 16.2 Å². The Kier molecular flexibility index (Phi) is 4.96. The lowest BCUT2D eigenvalue weighted by molar-refractivity contribution is 0.248. The van der Waals surface area contributed by atoms with E-state index in [0.717, 1.165) is 24.3 Å². The van der Waals surface area contributed by atoms with Gasteiger partial charge in [0.25, 0.3) is 0 Å². The van der Waals surface area contributed by atoms with E-state index in [1.54, 1.807) is 24.3 Å². The number of urea groups is 1. The van der Waals surface area contributed by atoms with Crippen LogP contribution in [0.5, 0.6) is 0 Å². The second-order valence-corrected chi connectivity index (χ2v) is 6.39. The number of rotatable bonds is 4. The molecule has 1 saturated carbocycles. The summed E-state index contributed by atoms with van der Waals surface area (Å²) in [5, 5.41) is 6.57. The van der Waals surface area contributed by atoms with Crippen molar-refractivity contribution in [2.45, 2.75) is 37.5 Å². The van der Waals surface area contributed by atoms with Crippen molar-refractivity contribution in [3.05, 3.63) is 24.3 Å². The summed E-state index contributed by atoms with van der Waals surface area (Å²) in [5.41, 5.74) is 7.07. The predicted octanol–water partition coefficient (Wildman–Crippen LogP) is 3.06. The minimum absolute atomic E-state index is 0.128. The molecule has 0 radical (unpaired) electrons. The minimum Gasteiger partial charge on any atom is -0.399 e. The Morgan fingerprint density at radius 2 is 2.11 bits per heavy atom. The largest absolute Gasteiger partial charge is 0.399 e. The number of carbonyl (C=O) groups excluding carboxylic acids is 1. The first-order chi connectivity index (χ1) is 9.17. The van der Waals surface area contributed by atoms with Gasteiger partial charge < -0.3 is 16.4 Å². The van der Waals surface area contributed by atoms with Crippen LogP contribution in [0, 0.1) is 0 Å². The maximum Gasteiger partial charge on any atom is 0.319 e. The van der Waals surface area contributed by atoms with Crippen molar-refractivity contribution in [2.24, 2.45) is 0 Å². The molecular formula is C14H21N3OS. The number of carbonyl (C=O) groups is 1. The lowest BCUT2D eigenvalue weighted by atomic mass is 10.2. The van der Waals surface area contributed by atoms with E-state index in [1.807, 2.05) is 11.8 Å². The van der Waals surface area contributed by atoms with Gasteiger partial charge in [-0.15, -0.1) is 0 Å². The van der Waals surface area contributed by atoms with Crippen LogP contribution in [-0.2, 0) is 0 Å². The predicted molar refractivity (Wildman–Crippen MR) is 82.6 cm³/mol. The monoisotopic (exact) mass is 279 g/mol. The smallest absolute Gasteiger partial charge is 0.319 e. The van der Waals surface area contributed by atoms with Crippen molar-refractivity contribution < 1.29 is 4.79 Å². The Morgan fingerprint density at radius 1 is 1.37 bits per heavy atom. The first kappa shape index (κ1) is 14.1. The number of nitrogen functional groups attached to an aromatic ring is 1. The summed E-state index contributed by atoms with van der Waals surface area (Å²) in [6.07, 6.45) is 3.35. The Hall–Kier alpha value is -1.36. The quantitative estimate of drug-likeness (QED) is 0.742. The van der Waals surface area contributed by atoms with Gasteiger partial charge in [0.05, 0.1) is 0 Å². The number of hydrogen-bond donors (Lipinski definition) is 3. The van der Waals surface area contributed by atoms with Crippen LogP contribution >= 0.6 is 11.8 Å². The van der Waals surface area contributed by atoms with E-state index < -0.39 is 0 Å². The standard InChI is InChI=1S/C14H21N3OS/c1-2-19-13-8-7-12(9-13)17-14(18)16-11-5-3-10(15)4-6-11/h3-6,12-13H,2,7-9,15H2,1H3,(H2,16,17,18). The Balaban J connectivity index is 1.77. The molecule has 1 aromatic rings. The number of anilines is 2. The van der Waals surface area contributed by atoms with Gasteiger partial charge in [-0.25, -0.2) is 4.79 Å². The van der Waals surface area contributed by atoms with E-state index in [0.29, 0.717) is 17.0 Å². The highest BCUT2D eigenvalue weighted by Crippen LogP contribution is 2.29. The third kappa shape index (κ3) is 4.35. The van der Waals surface area contributed by atoms with Crippen molar-refractivity contribution in [1.82, 2.24) is 5.32 Å². The molecule has 1 fully saturated rings. The molecule has 0 aromatic heterocycles. The average Bonchev–Trinajstić information content (AvgIpc) is 2.80. The Morgan fingerprint density at radius 3 is 2.79 bits per heavy atom. The van der Waals surface area contributed by atoms with Crippen LogP contribution in [0.15, 0.2) is 24.3 Å². The molecule has 0 spiro atoms. The van der Waals surface area contributed by atoms with E-state index >= 15 is 0 Å². The van der Waals surface area contributed by atoms with Gasteiger partial charge in [0.1, 0.15) is 0 Å². The maximum atomic E-state index is 11.9. The first-order valence-electron chi connectivity index (χ1n) is 6.72. The van der Waals surface area contributed by atoms with Gasteiger partial charge in [0, 0.05) is 22.7 Å².